The Morgan fingerprint density at radius 2 is 1.95 bits per heavy atom. The maximum atomic E-state index is 11.9. The molecule has 0 aliphatic carbocycles. The van der Waals surface area contributed by atoms with Crippen LogP contribution in [-0.2, 0) is 11.3 Å². The van der Waals surface area contributed by atoms with Crippen LogP contribution in [0.1, 0.15) is 24.8 Å². The lowest BCUT2D eigenvalue weighted by Crippen LogP contribution is -2.32. The van der Waals surface area contributed by atoms with E-state index in [9.17, 15) is 4.79 Å². The minimum Gasteiger partial charge on any atom is -0.326 e. The summed E-state index contributed by atoms with van der Waals surface area (Å²) in [5.74, 6) is 0.0730. The first-order valence-electron chi connectivity index (χ1n) is 7.15. The van der Waals surface area contributed by atoms with Gasteiger partial charge in [-0.25, -0.2) is 4.57 Å². The van der Waals surface area contributed by atoms with Crippen molar-refractivity contribution in [2.75, 3.05) is 5.32 Å². The summed E-state index contributed by atoms with van der Waals surface area (Å²) < 4.78 is 3.15. The van der Waals surface area contributed by atoms with Crippen LogP contribution in [0.3, 0.4) is 0 Å². The van der Waals surface area contributed by atoms with Gasteiger partial charge >= 0.3 is 0 Å². The molecule has 21 heavy (non-hydrogen) atoms. The molecule has 110 valence electrons. The molecule has 0 aliphatic heterocycles. The van der Waals surface area contributed by atoms with E-state index in [0.717, 1.165) is 35.1 Å². The number of amides is 1. The minimum atomic E-state index is 0.0730. The van der Waals surface area contributed by atoms with Gasteiger partial charge in [0.25, 0.3) is 0 Å². The van der Waals surface area contributed by atoms with Crippen molar-refractivity contribution >= 4 is 27.5 Å². The van der Waals surface area contributed by atoms with Gasteiger partial charge in [-0.15, -0.1) is 0 Å². The zero-order valence-corrected chi connectivity index (χ0v) is 13.8. The summed E-state index contributed by atoms with van der Waals surface area (Å²) in [7, 11) is 0. The number of unbranched alkanes of at least 4 members (excludes halogenated alkanes) is 1. The molecule has 1 heterocycles. The summed E-state index contributed by atoms with van der Waals surface area (Å²) in [4.78, 5) is 11.9. The van der Waals surface area contributed by atoms with Gasteiger partial charge in [0.05, 0.1) is 0 Å². The van der Waals surface area contributed by atoms with E-state index < -0.39 is 0 Å². The molecule has 1 amide bonds. The van der Waals surface area contributed by atoms with Crippen molar-refractivity contribution in [3.63, 3.8) is 0 Å². The van der Waals surface area contributed by atoms with Gasteiger partial charge in [-0.2, -0.15) is 0 Å². The van der Waals surface area contributed by atoms with Crippen LogP contribution in [0.2, 0.25) is 0 Å². The molecule has 0 atom stereocenters. The van der Waals surface area contributed by atoms with Crippen LogP contribution in [0.15, 0.2) is 53.3 Å². The summed E-state index contributed by atoms with van der Waals surface area (Å²) in [5, 5.41) is 2.93. The van der Waals surface area contributed by atoms with Crippen LogP contribution in [0.25, 0.3) is 0 Å². The Hall–Kier alpha value is -1.68. The Morgan fingerprint density at radius 3 is 2.67 bits per heavy atom. The smallest absolute Gasteiger partial charge is 0.224 e. The largest absolute Gasteiger partial charge is 0.326 e. The number of aryl methyl sites for hydroxylation is 2. The predicted octanol–water partition coefficient (Wildman–Crippen LogP) is 3.85. The Bertz CT molecular complexity index is 599. The quantitative estimate of drug-likeness (QED) is 0.624. The van der Waals surface area contributed by atoms with Gasteiger partial charge in [-0.3, -0.25) is 4.79 Å². The maximum Gasteiger partial charge on any atom is 0.224 e. The first kappa shape index (κ1) is 15.7. The number of carbonyl (C=O) groups is 1. The van der Waals surface area contributed by atoms with E-state index in [4.69, 9.17) is 0 Å². The van der Waals surface area contributed by atoms with Crippen molar-refractivity contribution in [1.29, 1.82) is 0 Å². The van der Waals surface area contributed by atoms with Crippen LogP contribution in [0, 0.1) is 6.92 Å². The molecule has 2 aromatic rings. The van der Waals surface area contributed by atoms with Gasteiger partial charge in [-0.05, 0) is 31.0 Å². The fraction of sp³-hybridized carbons (Fsp3) is 0.294. The monoisotopic (exact) mass is 347 g/mol. The molecule has 0 unspecified atom stereocenters. The normalized spacial score (nSPS) is 10.4. The van der Waals surface area contributed by atoms with E-state index in [2.05, 4.69) is 25.8 Å². The maximum absolute atomic E-state index is 11.9. The zero-order chi connectivity index (χ0) is 15.1. The van der Waals surface area contributed by atoms with Gasteiger partial charge in [0.1, 0.15) is 6.54 Å². The Morgan fingerprint density at radius 1 is 1.19 bits per heavy atom. The van der Waals surface area contributed by atoms with E-state index in [-0.39, 0.29) is 5.91 Å². The van der Waals surface area contributed by atoms with Crippen molar-refractivity contribution in [3.05, 3.63) is 58.8 Å². The third-order valence-corrected chi connectivity index (χ3v) is 4.16. The van der Waals surface area contributed by atoms with E-state index in [1.54, 1.807) is 0 Å². The number of anilines is 1. The SMILES string of the molecule is Cc1ccc(NC(=O)CCCC[n+]2ccccc2)cc1Br. The lowest BCUT2D eigenvalue weighted by Gasteiger charge is -2.06. The minimum absolute atomic E-state index is 0.0730. The Balaban J connectivity index is 1.71. The molecule has 0 saturated carbocycles. The predicted molar refractivity (Wildman–Crippen MR) is 88.0 cm³/mol. The number of halogens is 1. The summed E-state index contributed by atoms with van der Waals surface area (Å²) in [6, 6.07) is 11.9. The summed E-state index contributed by atoms with van der Waals surface area (Å²) >= 11 is 3.47. The van der Waals surface area contributed by atoms with E-state index in [1.165, 1.54) is 0 Å². The second-order valence-corrected chi connectivity index (χ2v) is 5.94. The van der Waals surface area contributed by atoms with E-state index >= 15 is 0 Å². The van der Waals surface area contributed by atoms with Crippen molar-refractivity contribution < 1.29 is 9.36 Å². The van der Waals surface area contributed by atoms with Gasteiger partial charge < -0.3 is 5.32 Å². The molecule has 0 spiro atoms. The van der Waals surface area contributed by atoms with Gasteiger partial charge in [0, 0.05) is 35.1 Å². The van der Waals surface area contributed by atoms with Crippen LogP contribution in [0.4, 0.5) is 5.69 Å². The lowest BCUT2D eigenvalue weighted by atomic mass is 10.2. The van der Waals surface area contributed by atoms with Crippen LogP contribution in [-0.4, -0.2) is 5.91 Å². The second kappa shape index (κ2) is 7.93. The molecule has 3 nitrogen and oxygen atoms in total. The fourth-order valence-corrected chi connectivity index (χ4v) is 2.44. The zero-order valence-electron chi connectivity index (χ0n) is 12.2. The first-order chi connectivity index (χ1) is 10.1. The molecule has 0 bridgehead atoms. The Labute approximate surface area is 134 Å². The van der Waals surface area contributed by atoms with Crippen LogP contribution >= 0.6 is 15.9 Å². The van der Waals surface area contributed by atoms with E-state index in [1.807, 2.05) is 55.7 Å². The molecular formula is C17H20BrN2O+. The first-order valence-corrected chi connectivity index (χ1v) is 7.94. The molecule has 1 N–H and O–H groups in total. The molecule has 1 aromatic heterocycles. The number of pyridine rings is 1. The number of carbonyl (C=O) groups excluding carboxylic acids is 1. The van der Waals surface area contributed by atoms with Crippen molar-refractivity contribution in [2.45, 2.75) is 32.7 Å². The number of hydrogen-bond acceptors (Lipinski definition) is 1. The summed E-state index contributed by atoms with van der Waals surface area (Å²) in [5.41, 5.74) is 2.00. The Kier molecular flexibility index (Phi) is 5.93. The van der Waals surface area contributed by atoms with E-state index in [0.29, 0.717) is 6.42 Å². The number of rotatable bonds is 6. The van der Waals surface area contributed by atoms with Crippen molar-refractivity contribution in [1.82, 2.24) is 0 Å². The van der Waals surface area contributed by atoms with Gasteiger partial charge in [-0.1, -0.05) is 28.1 Å². The molecule has 2 rings (SSSR count). The molecule has 0 radical (unpaired) electrons. The molecule has 1 aromatic carbocycles. The number of benzene rings is 1. The fourth-order valence-electron chi connectivity index (χ4n) is 2.06. The highest BCUT2D eigenvalue weighted by Gasteiger charge is 2.05. The third-order valence-electron chi connectivity index (χ3n) is 3.30. The third kappa shape index (κ3) is 5.31. The highest BCUT2D eigenvalue weighted by atomic mass is 79.9. The highest BCUT2D eigenvalue weighted by Crippen LogP contribution is 2.20. The van der Waals surface area contributed by atoms with Crippen LogP contribution < -0.4 is 9.88 Å². The van der Waals surface area contributed by atoms with Crippen molar-refractivity contribution in [3.8, 4) is 0 Å². The highest BCUT2D eigenvalue weighted by molar-refractivity contribution is 9.10. The number of hydrogen-bond donors (Lipinski definition) is 1. The molecule has 0 aliphatic rings. The second-order valence-electron chi connectivity index (χ2n) is 5.08. The molecular weight excluding hydrogens is 328 g/mol. The van der Waals surface area contributed by atoms with Gasteiger partial charge in [0.2, 0.25) is 5.91 Å². The number of nitrogens with one attached hydrogen (secondary N) is 1. The number of aromatic nitrogens is 1. The molecule has 4 heteroatoms. The standard InChI is InChI=1S/C17H19BrN2O/c1-14-8-9-15(13-16(14)18)19-17(21)7-3-6-12-20-10-4-2-5-11-20/h2,4-5,8-11,13H,3,6-7,12H2,1H3/p+1. The summed E-state index contributed by atoms with van der Waals surface area (Å²) in [6.45, 7) is 2.97. The average Bonchev–Trinajstić information content (AvgIpc) is 2.49. The molecule has 0 fully saturated rings. The average molecular weight is 348 g/mol. The van der Waals surface area contributed by atoms with Crippen molar-refractivity contribution in [2.24, 2.45) is 0 Å². The molecule has 0 saturated heterocycles. The van der Waals surface area contributed by atoms with Gasteiger partial charge in [0.15, 0.2) is 12.4 Å². The van der Waals surface area contributed by atoms with Crippen LogP contribution in [0.5, 0.6) is 0 Å². The number of nitrogens with zero attached hydrogens (tertiary/aromatic N) is 1. The topological polar surface area (TPSA) is 33.0 Å². The summed E-state index contributed by atoms with van der Waals surface area (Å²) in [6.07, 6.45) is 6.53. The lowest BCUT2D eigenvalue weighted by molar-refractivity contribution is -0.697.